The number of aryl methyl sites for hydroxylation is 1. The molecule has 2 heterocycles. The van der Waals surface area contributed by atoms with Gasteiger partial charge in [-0.05, 0) is 13.3 Å². The predicted molar refractivity (Wildman–Crippen MR) is 87.4 cm³/mol. The fourth-order valence-electron chi connectivity index (χ4n) is 2.18. The van der Waals surface area contributed by atoms with Crippen molar-refractivity contribution in [2.24, 2.45) is 11.3 Å². The van der Waals surface area contributed by atoms with Gasteiger partial charge in [-0.15, -0.1) is 10.2 Å². The monoisotopic (exact) mass is 354 g/mol. The average molecular weight is 354 g/mol. The molecule has 0 radical (unpaired) electrons. The number of nitrogens with zero attached hydrogens (tertiary/aromatic N) is 2. The van der Waals surface area contributed by atoms with Crippen molar-refractivity contribution in [3.8, 4) is 0 Å². The number of carbonyl (C=O) groups excluding carboxylic acids is 3. The summed E-state index contributed by atoms with van der Waals surface area (Å²) in [6, 6.07) is -0.712. The highest BCUT2D eigenvalue weighted by molar-refractivity contribution is 7.99. The molecule has 132 valence electrons. The Hall–Kier alpha value is -1.90. The molecule has 1 aromatic rings. The van der Waals surface area contributed by atoms with E-state index in [1.54, 1.807) is 6.92 Å². The van der Waals surface area contributed by atoms with Crippen molar-refractivity contribution in [3.63, 3.8) is 0 Å². The molecule has 1 aromatic heterocycles. The quantitative estimate of drug-likeness (QED) is 0.745. The van der Waals surface area contributed by atoms with Crippen LogP contribution in [0.15, 0.2) is 9.64 Å². The van der Waals surface area contributed by atoms with Gasteiger partial charge in [0.15, 0.2) is 0 Å². The number of imide groups is 1. The number of Topliss-reactive ketones (excluding diaryl/α,β-unsaturated/α-hetero) is 1. The first-order valence-electron chi connectivity index (χ1n) is 7.76. The number of aromatic nitrogens is 2. The number of nitrogens with one attached hydrogen (secondary N) is 2. The first-order valence-corrected chi connectivity index (χ1v) is 8.75. The molecule has 8 nitrogen and oxygen atoms in total. The van der Waals surface area contributed by atoms with E-state index in [1.807, 2.05) is 20.8 Å². The molecule has 2 N–H and O–H groups in total. The van der Waals surface area contributed by atoms with E-state index in [2.05, 4.69) is 20.8 Å². The van der Waals surface area contributed by atoms with Crippen LogP contribution >= 0.6 is 11.8 Å². The summed E-state index contributed by atoms with van der Waals surface area (Å²) in [5.74, 6) is 0.164. The summed E-state index contributed by atoms with van der Waals surface area (Å²) in [6.07, 6.45) is 0.916. The smallest absolute Gasteiger partial charge is 0.321 e. The molecular formula is C15H22N4O4S. The zero-order valence-corrected chi connectivity index (χ0v) is 15.0. The molecule has 9 heteroatoms. The van der Waals surface area contributed by atoms with E-state index >= 15 is 0 Å². The molecule has 0 bridgehead atoms. The van der Waals surface area contributed by atoms with Crippen molar-refractivity contribution < 1.29 is 18.8 Å². The zero-order chi connectivity index (χ0) is 17.9. The summed E-state index contributed by atoms with van der Waals surface area (Å²) in [4.78, 5) is 34.9. The summed E-state index contributed by atoms with van der Waals surface area (Å²) in [5.41, 5.74) is -0.398. The number of thioether (sulfide) groups is 1. The first-order chi connectivity index (χ1) is 11.2. The number of ketones is 1. The van der Waals surface area contributed by atoms with E-state index in [4.69, 9.17) is 4.42 Å². The van der Waals surface area contributed by atoms with Crippen LogP contribution in [0.3, 0.4) is 0 Å². The molecule has 1 fully saturated rings. The lowest BCUT2D eigenvalue weighted by molar-refractivity contribution is -0.126. The third kappa shape index (κ3) is 4.80. The van der Waals surface area contributed by atoms with Crippen LogP contribution in [0.1, 0.15) is 40.0 Å². The molecule has 0 spiro atoms. The Morgan fingerprint density at radius 1 is 1.29 bits per heavy atom. The number of hydrogen-bond donors (Lipinski definition) is 2. The van der Waals surface area contributed by atoms with Crippen molar-refractivity contribution in [1.82, 2.24) is 20.8 Å². The second-order valence-electron chi connectivity index (χ2n) is 6.82. The normalized spacial score (nSPS) is 21.3. The second kappa shape index (κ2) is 7.33. The minimum absolute atomic E-state index is 0.107. The van der Waals surface area contributed by atoms with Crippen LogP contribution in [0.4, 0.5) is 4.79 Å². The standard InChI is InChI=1S/C15H22N4O4S/c1-8-9(12(21)17-13(22)16-8)5-6-11-18-19-14(23-11)24-7-10(20)15(2,3)4/h8-9H,5-7H2,1-4H3,(H2,16,17,21,22). The van der Waals surface area contributed by atoms with Crippen LogP contribution in [0.5, 0.6) is 0 Å². The average Bonchev–Trinajstić information content (AvgIpc) is 2.90. The highest BCUT2D eigenvalue weighted by Gasteiger charge is 2.32. The molecule has 1 aliphatic heterocycles. The maximum Gasteiger partial charge on any atom is 0.321 e. The number of urea groups is 1. The molecule has 3 amide bonds. The topological polar surface area (TPSA) is 114 Å². The fraction of sp³-hybridized carbons (Fsp3) is 0.667. The molecule has 1 aliphatic rings. The maximum atomic E-state index is 11.9. The van der Waals surface area contributed by atoms with Gasteiger partial charge in [0.1, 0.15) is 5.78 Å². The molecule has 24 heavy (non-hydrogen) atoms. The highest BCUT2D eigenvalue weighted by atomic mass is 32.2. The predicted octanol–water partition coefficient (Wildman–Crippen LogP) is 1.55. The molecule has 2 atom stereocenters. The minimum Gasteiger partial charge on any atom is -0.416 e. The summed E-state index contributed by atoms with van der Waals surface area (Å²) in [7, 11) is 0. The minimum atomic E-state index is -0.469. The van der Waals surface area contributed by atoms with Gasteiger partial charge in [0.05, 0.1) is 11.7 Å². The van der Waals surface area contributed by atoms with Gasteiger partial charge in [0.25, 0.3) is 5.22 Å². The van der Waals surface area contributed by atoms with Gasteiger partial charge in [0.2, 0.25) is 11.8 Å². The SMILES string of the molecule is CC1NC(=O)NC(=O)C1CCc1nnc(SCC(=O)C(C)(C)C)o1. The molecule has 0 aromatic carbocycles. The van der Waals surface area contributed by atoms with Gasteiger partial charge in [-0.25, -0.2) is 4.79 Å². The number of amides is 3. The fourth-order valence-corrected chi connectivity index (χ4v) is 3.12. The van der Waals surface area contributed by atoms with Crippen molar-refractivity contribution in [2.75, 3.05) is 5.75 Å². The Morgan fingerprint density at radius 2 is 2.00 bits per heavy atom. The van der Waals surface area contributed by atoms with Crippen molar-refractivity contribution in [3.05, 3.63) is 5.89 Å². The molecule has 0 saturated carbocycles. The van der Waals surface area contributed by atoms with Crippen molar-refractivity contribution in [1.29, 1.82) is 0 Å². The second-order valence-corrected chi connectivity index (χ2v) is 7.75. The van der Waals surface area contributed by atoms with Crippen LogP contribution in [-0.4, -0.2) is 39.7 Å². The maximum absolute atomic E-state index is 11.9. The Balaban J connectivity index is 1.84. The van der Waals surface area contributed by atoms with E-state index in [0.29, 0.717) is 24.0 Å². The van der Waals surface area contributed by atoms with Gasteiger partial charge < -0.3 is 9.73 Å². The summed E-state index contributed by atoms with van der Waals surface area (Å²) in [6.45, 7) is 7.38. The van der Waals surface area contributed by atoms with Gasteiger partial charge in [-0.2, -0.15) is 0 Å². The van der Waals surface area contributed by atoms with E-state index < -0.39 is 11.4 Å². The lowest BCUT2D eigenvalue weighted by Crippen LogP contribution is -2.57. The number of hydrogen-bond acceptors (Lipinski definition) is 7. The Morgan fingerprint density at radius 3 is 2.62 bits per heavy atom. The van der Waals surface area contributed by atoms with Gasteiger partial charge in [-0.3, -0.25) is 14.9 Å². The van der Waals surface area contributed by atoms with Crippen LogP contribution in [0.25, 0.3) is 0 Å². The van der Waals surface area contributed by atoms with Crippen molar-refractivity contribution in [2.45, 2.75) is 51.8 Å². The molecular weight excluding hydrogens is 332 g/mol. The molecule has 1 saturated heterocycles. The Kier molecular flexibility index (Phi) is 5.63. The third-order valence-electron chi connectivity index (χ3n) is 3.82. The summed E-state index contributed by atoms with van der Waals surface area (Å²) < 4.78 is 5.50. The van der Waals surface area contributed by atoms with Crippen LogP contribution in [0.2, 0.25) is 0 Å². The zero-order valence-electron chi connectivity index (χ0n) is 14.2. The summed E-state index contributed by atoms with van der Waals surface area (Å²) >= 11 is 1.21. The molecule has 2 rings (SSSR count). The van der Waals surface area contributed by atoms with Crippen LogP contribution in [0, 0.1) is 11.3 Å². The Bertz CT molecular complexity index is 638. The van der Waals surface area contributed by atoms with Crippen molar-refractivity contribution >= 4 is 29.5 Å². The number of carbonyl (C=O) groups is 3. The van der Waals surface area contributed by atoms with Gasteiger partial charge in [-0.1, -0.05) is 32.5 Å². The van der Waals surface area contributed by atoms with Gasteiger partial charge in [0, 0.05) is 17.9 Å². The van der Waals surface area contributed by atoms with E-state index in [9.17, 15) is 14.4 Å². The number of rotatable bonds is 6. The Labute approximate surface area is 144 Å². The third-order valence-corrected chi connectivity index (χ3v) is 4.64. The molecule has 2 unspecified atom stereocenters. The van der Waals surface area contributed by atoms with Crippen LogP contribution < -0.4 is 10.6 Å². The summed E-state index contributed by atoms with van der Waals surface area (Å²) in [5, 5.41) is 13.1. The van der Waals surface area contributed by atoms with Gasteiger partial charge >= 0.3 is 6.03 Å². The van der Waals surface area contributed by atoms with Crippen LogP contribution in [-0.2, 0) is 16.0 Å². The lowest BCUT2D eigenvalue weighted by atomic mass is 9.92. The highest BCUT2D eigenvalue weighted by Crippen LogP contribution is 2.23. The van der Waals surface area contributed by atoms with E-state index in [1.165, 1.54) is 11.8 Å². The first kappa shape index (κ1) is 18.4. The van der Waals surface area contributed by atoms with E-state index in [0.717, 1.165) is 0 Å². The lowest BCUT2D eigenvalue weighted by Gasteiger charge is -2.28. The molecule has 0 aliphatic carbocycles. The largest absolute Gasteiger partial charge is 0.416 e. The van der Waals surface area contributed by atoms with E-state index in [-0.39, 0.29) is 29.4 Å².